The van der Waals surface area contributed by atoms with Gasteiger partial charge in [-0.25, -0.2) is 9.97 Å². The van der Waals surface area contributed by atoms with Crippen molar-refractivity contribution in [3.8, 4) is 33.8 Å². The number of anilines is 1. The summed E-state index contributed by atoms with van der Waals surface area (Å²) in [5, 5.41) is 8.28. The molecule has 6 heterocycles. The number of nitrogens with one attached hydrogen (secondary N) is 2. The van der Waals surface area contributed by atoms with Crippen LogP contribution in [0.1, 0.15) is 0 Å². The second-order valence-electron chi connectivity index (χ2n) is 7.11. The predicted octanol–water partition coefficient (Wildman–Crippen LogP) is 3.60. The van der Waals surface area contributed by atoms with Crippen LogP contribution in [0.5, 0.6) is 0 Å². The first kappa shape index (κ1) is 17.2. The third-order valence-electron chi connectivity index (χ3n) is 5.10. The number of aromatic amines is 2. The number of hydrogen-bond acceptors (Lipinski definition) is 7. The van der Waals surface area contributed by atoms with Crippen molar-refractivity contribution in [1.29, 1.82) is 0 Å². The standard InChI is InChI=1S/C22H15N9/c23-15-4-13(7-25-9-15)14-5-16-20(30-31-21(16)27-8-14)22-28-18-11-26-10-17(19(18)29-22)12-2-1-3-24-6-12/h1-11H,23H2,(H,28,29)(H,27,30,31). The van der Waals surface area contributed by atoms with Gasteiger partial charge in [0.2, 0.25) is 0 Å². The number of fused-ring (bicyclic) bond motifs is 2. The van der Waals surface area contributed by atoms with Gasteiger partial charge in [0, 0.05) is 59.4 Å². The van der Waals surface area contributed by atoms with Crippen LogP contribution in [-0.4, -0.2) is 40.1 Å². The third kappa shape index (κ3) is 2.87. The fourth-order valence-corrected chi connectivity index (χ4v) is 3.64. The van der Waals surface area contributed by atoms with E-state index in [1.807, 2.05) is 24.3 Å². The molecule has 0 unspecified atom stereocenters. The Morgan fingerprint density at radius 2 is 1.71 bits per heavy atom. The van der Waals surface area contributed by atoms with Crippen LogP contribution in [0.15, 0.2) is 67.6 Å². The summed E-state index contributed by atoms with van der Waals surface area (Å²) in [7, 11) is 0. The van der Waals surface area contributed by atoms with E-state index in [1.165, 1.54) is 0 Å². The lowest BCUT2D eigenvalue weighted by Crippen LogP contribution is -1.89. The zero-order valence-electron chi connectivity index (χ0n) is 16.1. The molecule has 0 saturated heterocycles. The van der Waals surface area contributed by atoms with Crippen LogP contribution >= 0.6 is 0 Å². The Kier molecular flexibility index (Phi) is 3.72. The number of H-pyrrole nitrogens is 2. The number of rotatable bonds is 3. The van der Waals surface area contributed by atoms with Gasteiger partial charge >= 0.3 is 0 Å². The van der Waals surface area contributed by atoms with Crippen molar-refractivity contribution in [2.75, 3.05) is 5.73 Å². The highest BCUT2D eigenvalue weighted by molar-refractivity contribution is 5.96. The maximum atomic E-state index is 5.89. The van der Waals surface area contributed by atoms with E-state index in [2.05, 4.69) is 35.1 Å². The van der Waals surface area contributed by atoms with Crippen LogP contribution in [0, 0.1) is 0 Å². The smallest absolute Gasteiger partial charge is 0.159 e. The molecule has 9 heteroatoms. The van der Waals surface area contributed by atoms with E-state index in [1.54, 1.807) is 43.4 Å². The normalized spacial score (nSPS) is 11.4. The molecule has 0 spiro atoms. The molecule has 0 aromatic carbocycles. The van der Waals surface area contributed by atoms with Crippen LogP contribution in [0.4, 0.5) is 5.69 Å². The molecule has 6 aromatic rings. The van der Waals surface area contributed by atoms with Gasteiger partial charge in [-0.3, -0.25) is 20.1 Å². The summed E-state index contributed by atoms with van der Waals surface area (Å²) in [6.07, 6.45) is 12.2. The largest absolute Gasteiger partial charge is 0.397 e. The number of aromatic nitrogens is 8. The summed E-state index contributed by atoms with van der Waals surface area (Å²) in [6.45, 7) is 0. The van der Waals surface area contributed by atoms with Gasteiger partial charge in [-0.15, -0.1) is 0 Å². The molecule has 0 atom stereocenters. The molecule has 9 nitrogen and oxygen atoms in total. The lowest BCUT2D eigenvalue weighted by Gasteiger charge is -2.02. The first-order chi connectivity index (χ1) is 15.3. The average molecular weight is 405 g/mol. The highest BCUT2D eigenvalue weighted by atomic mass is 15.2. The zero-order valence-corrected chi connectivity index (χ0v) is 16.1. The van der Waals surface area contributed by atoms with E-state index in [0.29, 0.717) is 22.9 Å². The van der Waals surface area contributed by atoms with E-state index in [0.717, 1.165) is 38.7 Å². The molecule has 0 aliphatic carbocycles. The molecule has 4 N–H and O–H groups in total. The Morgan fingerprint density at radius 3 is 2.58 bits per heavy atom. The van der Waals surface area contributed by atoms with E-state index < -0.39 is 0 Å². The number of hydrogen-bond donors (Lipinski definition) is 3. The summed E-state index contributed by atoms with van der Waals surface area (Å²) < 4.78 is 0. The van der Waals surface area contributed by atoms with Gasteiger partial charge < -0.3 is 10.7 Å². The van der Waals surface area contributed by atoms with Crippen molar-refractivity contribution in [1.82, 2.24) is 40.1 Å². The first-order valence-electron chi connectivity index (χ1n) is 9.56. The van der Waals surface area contributed by atoms with Crippen LogP contribution in [-0.2, 0) is 0 Å². The van der Waals surface area contributed by atoms with Gasteiger partial charge in [0.25, 0.3) is 0 Å². The van der Waals surface area contributed by atoms with Crippen molar-refractivity contribution < 1.29 is 0 Å². The second-order valence-corrected chi connectivity index (χ2v) is 7.11. The summed E-state index contributed by atoms with van der Waals surface area (Å²) in [5.41, 5.74) is 13.1. The number of nitrogen functional groups attached to an aromatic ring is 1. The molecule has 0 bridgehead atoms. The first-order valence-corrected chi connectivity index (χ1v) is 9.56. The van der Waals surface area contributed by atoms with Crippen LogP contribution in [0.25, 0.3) is 55.8 Å². The molecule has 0 saturated carbocycles. The van der Waals surface area contributed by atoms with E-state index in [-0.39, 0.29) is 0 Å². The Labute approximate surface area is 175 Å². The molecule has 6 rings (SSSR count). The molecular formula is C22H15N9. The van der Waals surface area contributed by atoms with Crippen LogP contribution in [0.2, 0.25) is 0 Å². The van der Waals surface area contributed by atoms with Crippen LogP contribution < -0.4 is 5.73 Å². The lowest BCUT2D eigenvalue weighted by atomic mass is 10.1. The van der Waals surface area contributed by atoms with Crippen molar-refractivity contribution in [3.63, 3.8) is 0 Å². The average Bonchev–Trinajstić information content (AvgIpc) is 3.43. The topological polar surface area (TPSA) is 135 Å². The molecular weight excluding hydrogens is 390 g/mol. The molecule has 0 aliphatic rings. The van der Waals surface area contributed by atoms with E-state index in [4.69, 9.17) is 10.7 Å². The quantitative estimate of drug-likeness (QED) is 0.409. The van der Waals surface area contributed by atoms with Gasteiger partial charge in [0.15, 0.2) is 11.5 Å². The number of nitrogens with zero attached hydrogens (tertiary/aromatic N) is 6. The number of nitrogens with two attached hydrogens (primary N) is 1. The Morgan fingerprint density at radius 1 is 0.839 bits per heavy atom. The van der Waals surface area contributed by atoms with Gasteiger partial charge in [0.1, 0.15) is 11.2 Å². The highest BCUT2D eigenvalue weighted by Crippen LogP contribution is 2.31. The van der Waals surface area contributed by atoms with Gasteiger partial charge in [-0.05, 0) is 18.2 Å². The molecule has 0 radical (unpaired) electrons. The fourth-order valence-electron chi connectivity index (χ4n) is 3.64. The number of pyridine rings is 4. The molecule has 31 heavy (non-hydrogen) atoms. The van der Waals surface area contributed by atoms with E-state index in [9.17, 15) is 0 Å². The van der Waals surface area contributed by atoms with Crippen LogP contribution in [0.3, 0.4) is 0 Å². The Balaban J connectivity index is 1.51. The minimum absolute atomic E-state index is 0.595. The predicted molar refractivity (Wildman–Crippen MR) is 118 cm³/mol. The molecule has 0 amide bonds. The minimum atomic E-state index is 0.595. The summed E-state index contributed by atoms with van der Waals surface area (Å²) in [4.78, 5) is 25.4. The monoisotopic (exact) mass is 405 g/mol. The molecule has 148 valence electrons. The fraction of sp³-hybridized carbons (Fsp3) is 0. The Bertz CT molecular complexity index is 1550. The van der Waals surface area contributed by atoms with E-state index >= 15 is 0 Å². The van der Waals surface area contributed by atoms with Crippen molar-refractivity contribution >= 4 is 27.8 Å². The number of imidazole rings is 1. The summed E-state index contributed by atoms with van der Waals surface area (Å²) in [5.74, 6) is 0.629. The zero-order chi connectivity index (χ0) is 20.8. The molecule has 0 aliphatic heterocycles. The van der Waals surface area contributed by atoms with Gasteiger partial charge in [0.05, 0.1) is 22.8 Å². The Hall–Kier alpha value is -4.66. The molecule has 6 aromatic heterocycles. The minimum Gasteiger partial charge on any atom is -0.397 e. The summed E-state index contributed by atoms with van der Waals surface area (Å²) >= 11 is 0. The summed E-state index contributed by atoms with van der Waals surface area (Å²) in [6, 6.07) is 7.74. The van der Waals surface area contributed by atoms with Crippen molar-refractivity contribution in [2.24, 2.45) is 0 Å². The third-order valence-corrected chi connectivity index (χ3v) is 5.10. The second kappa shape index (κ2) is 6.70. The SMILES string of the molecule is Nc1cncc(-c2cnc3[nH]nc(-c4nc5c(-c6cccnc6)cncc5[nH]4)c3c2)c1. The maximum Gasteiger partial charge on any atom is 0.159 e. The van der Waals surface area contributed by atoms with Crippen molar-refractivity contribution in [2.45, 2.75) is 0 Å². The van der Waals surface area contributed by atoms with Gasteiger partial charge in [-0.1, -0.05) is 6.07 Å². The molecule has 0 fully saturated rings. The highest BCUT2D eigenvalue weighted by Gasteiger charge is 2.16. The van der Waals surface area contributed by atoms with Crippen molar-refractivity contribution in [3.05, 3.63) is 67.6 Å². The van der Waals surface area contributed by atoms with Gasteiger partial charge in [-0.2, -0.15) is 5.10 Å². The lowest BCUT2D eigenvalue weighted by molar-refractivity contribution is 1.09. The maximum absolute atomic E-state index is 5.89.